The standard InChI is InChI=1S/C18H24N6O/c1-11(2)7-15(19-9-14-6-5-12(3)13(4)8-14)18-22-17(24-25-18)16-20-10-21-23-16/h5-6,8,10-11,15,19H,7,9H2,1-4H3,(H,20,21,23)/t15-/m1/s1. The molecule has 0 aliphatic rings. The zero-order valence-corrected chi connectivity index (χ0v) is 15.1. The fraction of sp³-hybridized carbons (Fsp3) is 0.444. The first-order valence-electron chi connectivity index (χ1n) is 8.51. The summed E-state index contributed by atoms with van der Waals surface area (Å²) in [5.41, 5.74) is 3.84. The van der Waals surface area contributed by atoms with Crippen LogP contribution in [-0.2, 0) is 6.54 Å². The molecule has 1 aromatic carbocycles. The molecule has 0 saturated heterocycles. The van der Waals surface area contributed by atoms with E-state index in [9.17, 15) is 0 Å². The maximum absolute atomic E-state index is 5.47. The zero-order chi connectivity index (χ0) is 17.8. The lowest BCUT2D eigenvalue weighted by Gasteiger charge is -2.17. The van der Waals surface area contributed by atoms with E-state index in [1.165, 1.54) is 23.0 Å². The van der Waals surface area contributed by atoms with Gasteiger partial charge in [-0.1, -0.05) is 37.2 Å². The molecule has 0 radical (unpaired) electrons. The van der Waals surface area contributed by atoms with Crippen LogP contribution in [0.1, 0.15) is 48.9 Å². The van der Waals surface area contributed by atoms with Gasteiger partial charge in [0.15, 0.2) is 5.82 Å². The minimum absolute atomic E-state index is 0.00854. The molecule has 0 fully saturated rings. The summed E-state index contributed by atoms with van der Waals surface area (Å²) < 4.78 is 5.47. The van der Waals surface area contributed by atoms with Crippen molar-refractivity contribution in [2.24, 2.45) is 5.92 Å². The highest BCUT2D eigenvalue weighted by molar-refractivity contribution is 5.39. The van der Waals surface area contributed by atoms with Crippen molar-refractivity contribution in [1.82, 2.24) is 30.6 Å². The van der Waals surface area contributed by atoms with Crippen molar-refractivity contribution in [3.8, 4) is 11.6 Å². The second kappa shape index (κ2) is 7.57. The van der Waals surface area contributed by atoms with Gasteiger partial charge in [0, 0.05) is 6.54 Å². The van der Waals surface area contributed by atoms with E-state index in [4.69, 9.17) is 4.52 Å². The van der Waals surface area contributed by atoms with Crippen molar-refractivity contribution >= 4 is 0 Å². The molecular formula is C18H24N6O. The van der Waals surface area contributed by atoms with Gasteiger partial charge < -0.3 is 9.84 Å². The molecule has 132 valence electrons. The number of aryl methyl sites for hydroxylation is 2. The number of nitrogens with one attached hydrogen (secondary N) is 2. The highest BCUT2D eigenvalue weighted by atomic mass is 16.5. The Morgan fingerprint density at radius 3 is 2.72 bits per heavy atom. The van der Waals surface area contributed by atoms with E-state index < -0.39 is 0 Å². The number of aromatic nitrogens is 5. The maximum Gasteiger partial charge on any atom is 0.244 e. The van der Waals surface area contributed by atoms with Gasteiger partial charge in [-0.2, -0.15) is 10.1 Å². The number of H-pyrrole nitrogens is 1. The molecule has 2 heterocycles. The number of hydrogen-bond acceptors (Lipinski definition) is 6. The van der Waals surface area contributed by atoms with Crippen molar-refractivity contribution in [1.29, 1.82) is 0 Å². The second-order valence-electron chi connectivity index (χ2n) is 6.77. The van der Waals surface area contributed by atoms with Gasteiger partial charge in [-0.25, -0.2) is 4.98 Å². The predicted octanol–water partition coefficient (Wildman–Crippen LogP) is 3.35. The molecule has 1 atom stereocenters. The van der Waals surface area contributed by atoms with Crippen LogP contribution in [0.15, 0.2) is 29.0 Å². The number of aromatic amines is 1. The molecular weight excluding hydrogens is 316 g/mol. The van der Waals surface area contributed by atoms with Crippen LogP contribution in [0.4, 0.5) is 0 Å². The van der Waals surface area contributed by atoms with E-state index in [-0.39, 0.29) is 6.04 Å². The third-order valence-electron chi connectivity index (χ3n) is 4.20. The van der Waals surface area contributed by atoms with E-state index in [1.807, 2.05) is 0 Å². The summed E-state index contributed by atoms with van der Waals surface area (Å²) in [4.78, 5) is 8.54. The van der Waals surface area contributed by atoms with Crippen LogP contribution < -0.4 is 5.32 Å². The summed E-state index contributed by atoms with van der Waals surface area (Å²) in [6.07, 6.45) is 2.33. The second-order valence-corrected chi connectivity index (χ2v) is 6.77. The zero-order valence-electron chi connectivity index (χ0n) is 15.1. The topological polar surface area (TPSA) is 92.5 Å². The number of nitrogens with zero attached hydrogens (tertiary/aromatic N) is 4. The third-order valence-corrected chi connectivity index (χ3v) is 4.20. The smallest absolute Gasteiger partial charge is 0.244 e. The van der Waals surface area contributed by atoms with Crippen molar-refractivity contribution in [3.63, 3.8) is 0 Å². The molecule has 0 aliphatic heterocycles. The molecule has 0 unspecified atom stereocenters. The molecule has 0 aliphatic carbocycles. The number of hydrogen-bond donors (Lipinski definition) is 2. The van der Waals surface area contributed by atoms with E-state index in [1.54, 1.807) is 0 Å². The molecule has 3 rings (SSSR count). The predicted molar refractivity (Wildman–Crippen MR) is 94.6 cm³/mol. The maximum atomic E-state index is 5.47. The van der Waals surface area contributed by atoms with Crippen molar-refractivity contribution < 1.29 is 4.52 Å². The van der Waals surface area contributed by atoms with Crippen LogP contribution in [0.5, 0.6) is 0 Å². The van der Waals surface area contributed by atoms with Gasteiger partial charge in [-0.05, 0) is 42.9 Å². The molecule has 2 N–H and O–H groups in total. The Morgan fingerprint density at radius 2 is 2.04 bits per heavy atom. The van der Waals surface area contributed by atoms with Gasteiger partial charge in [0.05, 0.1) is 6.04 Å². The first kappa shape index (κ1) is 17.3. The number of rotatable bonds is 7. The van der Waals surface area contributed by atoms with Crippen molar-refractivity contribution in [2.75, 3.05) is 0 Å². The molecule has 2 aromatic heterocycles. The quantitative estimate of drug-likeness (QED) is 0.685. The van der Waals surface area contributed by atoms with Gasteiger partial charge in [-0.3, -0.25) is 5.10 Å². The first-order chi connectivity index (χ1) is 12.0. The van der Waals surface area contributed by atoms with Gasteiger partial charge in [0.1, 0.15) is 6.33 Å². The number of benzene rings is 1. The van der Waals surface area contributed by atoms with E-state index >= 15 is 0 Å². The average Bonchev–Trinajstić information content (AvgIpc) is 3.25. The average molecular weight is 340 g/mol. The first-order valence-corrected chi connectivity index (χ1v) is 8.51. The Morgan fingerprint density at radius 1 is 1.20 bits per heavy atom. The highest BCUT2D eigenvalue weighted by Crippen LogP contribution is 2.22. The van der Waals surface area contributed by atoms with E-state index in [2.05, 4.69) is 76.5 Å². The Bertz CT molecular complexity index is 809. The summed E-state index contributed by atoms with van der Waals surface area (Å²) in [5.74, 6) is 2.00. The Balaban J connectivity index is 1.74. The molecule has 3 aromatic rings. The van der Waals surface area contributed by atoms with Crippen LogP contribution in [-0.4, -0.2) is 25.3 Å². The van der Waals surface area contributed by atoms with Crippen LogP contribution in [0, 0.1) is 19.8 Å². The molecule has 0 bridgehead atoms. The lowest BCUT2D eigenvalue weighted by atomic mass is 10.0. The SMILES string of the molecule is Cc1ccc(CN[C@H](CC(C)C)c2nc(-c3ncn[nH]3)no2)cc1C. The van der Waals surface area contributed by atoms with Crippen LogP contribution >= 0.6 is 0 Å². The molecule has 0 spiro atoms. The third kappa shape index (κ3) is 4.30. The lowest BCUT2D eigenvalue weighted by Crippen LogP contribution is -2.23. The summed E-state index contributed by atoms with van der Waals surface area (Å²) in [5, 5.41) is 14.1. The highest BCUT2D eigenvalue weighted by Gasteiger charge is 2.21. The molecule has 0 amide bonds. The van der Waals surface area contributed by atoms with Crippen LogP contribution in [0.25, 0.3) is 11.6 Å². The normalized spacial score (nSPS) is 12.7. The Hall–Kier alpha value is -2.54. The van der Waals surface area contributed by atoms with Crippen LogP contribution in [0.2, 0.25) is 0 Å². The lowest BCUT2D eigenvalue weighted by molar-refractivity contribution is 0.303. The van der Waals surface area contributed by atoms with E-state index in [0.29, 0.717) is 23.5 Å². The summed E-state index contributed by atoms with van der Waals surface area (Å²) in [7, 11) is 0. The van der Waals surface area contributed by atoms with Gasteiger partial charge >= 0.3 is 0 Å². The van der Waals surface area contributed by atoms with Gasteiger partial charge in [0.25, 0.3) is 0 Å². The summed E-state index contributed by atoms with van der Waals surface area (Å²) in [6, 6.07) is 6.50. The van der Waals surface area contributed by atoms with Gasteiger partial charge in [-0.15, -0.1) is 0 Å². The van der Waals surface area contributed by atoms with Crippen molar-refractivity contribution in [2.45, 2.75) is 46.7 Å². The summed E-state index contributed by atoms with van der Waals surface area (Å²) in [6.45, 7) is 9.36. The summed E-state index contributed by atoms with van der Waals surface area (Å²) >= 11 is 0. The Kier molecular flexibility index (Phi) is 5.23. The van der Waals surface area contributed by atoms with Gasteiger partial charge in [0.2, 0.25) is 11.7 Å². The fourth-order valence-corrected chi connectivity index (χ4v) is 2.68. The van der Waals surface area contributed by atoms with E-state index in [0.717, 1.165) is 13.0 Å². The molecule has 7 nitrogen and oxygen atoms in total. The fourth-order valence-electron chi connectivity index (χ4n) is 2.68. The monoisotopic (exact) mass is 340 g/mol. The van der Waals surface area contributed by atoms with Crippen LogP contribution in [0.3, 0.4) is 0 Å². The molecule has 7 heteroatoms. The molecule has 0 saturated carbocycles. The Labute approximate surface area is 147 Å². The van der Waals surface area contributed by atoms with Crippen molar-refractivity contribution in [3.05, 3.63) is 47.1 Å². The minimum Gasteiger partial charge on any atom is -0.337 e. The largest absolute Gasteiger partial charge is 0.337 e. The molecule has 25 heavy (non-hydrogen) atoms. The minimum atomic E-state index is -0.00854.